The molecule has 1 aromatic heterocycles. The zero-order chi connectivity index (χ0) is 13.7. The molecule has 0 aliphatic rings. The summed E-state index contributed by atoms with van der Waals surface area (Å²) < 4.78 is 1.89. The van der Waals surface area contributed by atoms with E-state index in [0.717, 1.165) is 19.5 Å². The smallest absolute Gasteiger partial charge is 0.0666 e. The average Bonchev–Trinajstić information content (AvgIpc) is 2.80. The fourth-order valence-corrected chi connectivity index (χ4v) is 2.52. The zero-order valence-corrected chi connectivity index (χ0v) is 12.6. The minimum atomic E-state index is 0.876. The Balaban J connectivity index is 1.88. The first kappa shape index (κ1) is 14.2. The second-order valence-corrected chi connectivity index (χ2v) is 5.46. The van der Waals surface area contributed by atoms with Crippen molar-refractivity contribution < 1.29 is 0 Å². The highest BCUT2D eigenvalue weighted by Gasteiger charge is 2.04. The Morgan fingerprint density at radius 1 is 1.21 bits per heavy atom. The quantitative estimate of drug-likeness (QED) is 0.822. The lowest BCUT2D eigenvalue weighted by Crippen LogP contribution is -2.13. The van der Waals surface area contributed by atoms with Gasteiger partial charge in [0.15, 0.2) is 0 Å². The monoisotopic (exact) mass is 275 g/mol. The maximum absolute atomic E-state index is 4.45. The molecular formula is C15H21N3S. The Hall–Kier alpha value is -1.26. The molecule has 0 fully saturated rings. The topological polar surface area (TPSA) is 29.9 Å². The highest BCUT2D eigenvalue weighted by Crippen LogP contribution is 2.15. The van der Waals surface area contributed by atoms with Crippen LogP contribution >= 0.6 is 11.8 Å². The van der Waals surface area contributed by atoms with Crippen LogP contribution in [0.4, 0.5) is 0 Å². The van der Waals surface area contributed by atoms with E-state index >= 15 is 0 Å². The second-order valence-electron chi connectivity index (χ2n) is 4.58. The van der Waals surface area contributed by atoms with Gasteiger partial charge in [-0.25, -0.2) is 0 Å². The Bertz CT molecular complexity index is 517. The number of nitrogens with one attached hydrogen (secondary N) is 1. The molecule has 0 spiro atoms. The van der Waals surface area contributed by atoms with E-state index in [1.807, 2.05) is 11.7 Å². The molecule has 0 bridgehead atoms. The van der Waals surface area contributed by atoms with Gasteiger partial charge in [0.05, 0.1) is 5.69 Å². The van der Waals surface area contributed by atoms with Crippen LogP contribution in [-0.4, -0.2) is 16.0 Å². The van der Waals surface area contributed by atoms with Gasteiger partial charge >= 0.3 is 0 Å². The third kappa shape index (κ3) is 3.85. The average molecular weight is 275 g/mol. The van der Waals surface area contributed by atoms with E-state index in [0.29, 0.717) is 0 Å². The van der Waals surface area contributed by atoms with Gasteiger partial charge in [-0.3, -0.25) is 4.68 Å². The number of rotatable bonds is 6. The van der Waals surface area contributed by atoms with Crippen molar-refractivity contribution in [2.75, 3.05) is 6.26 Å². The molecule has 0 saturated carbocycles. The summed E-state index contributed by atoms with van der Waals surface area (Å²) in [5, 5.41) is 7.93. The molecule has 102 valence electrons. The lowest BCUT2D eigenvalue weighted by Gasteiger charge is -2.05. The van der Waals surface area contributed by atoms with E-state index in [9.17, 15) is 0 Å². The molecule has 4 heteroatoms. The number of nitrogens with zero attached hydrogens (tertiary/aromatic N) is 2. The van der Waals surface area contributed by atoms with E-state index in [2.05, 4.69) is 54.1 Å². The van der Waals surface area contributed by atoms with E-state index in [1.54, 1.807) is 11.8 Å². The van der Waals surface area contributed by atoms with E-state index in [1.165, 1.54) is 21.7 Å². The molecule has 0 saturated heterocycles. The normalized spacial score (nSPS) is 10.9. The van der Waals surface area contributed by atoms with Crippen molar-refractivity contribution in [2.24, 2.45) is 7.05 Å². The first-order valence-corrected chi connectivity index (χ1v) is 7.80. The van der Waals surface area contributed by atoms with Gasteiger partial charge in [-0.15, -0.1) is 11.8 Å². The van der Waals surface area contributed by atoms with E-state index in [4.69, 9.17) is 0 Å². The highest BCUT2D eigenvalue weighted by molar-refractivity contribution is 7.98. The summed E-state index contributed by atoms with van der Waals surface area (Å²) in [6.45, 7) is 3.92. The fourth-order valence-electron chi connectivity index (χ4n) is 2.11. The van der Waals surface area contributed by atoms with E-state index < -0.39 is 0 Å². The van der Waals surface area contributed by atoms with Gasteiger partial charge in [-0.2, -0.15) is 5.10 Å². The van der Waals surface area contributed by atoms with Crippen LogP contribution in [0.1, 0.15) is 23.7 Å². The number of hydrogen-bond acceptors (Lipinski definition) is 3. The lowest BCUT2D eigenvalue weighted by molar-refractivity contribution is 0.688. The van der Waals surface area contributed by atoms with Gasteiger partial charge < -0.3 is 5.32 Å². The third-order valence-electron chi connectivity index (χ3n) is 3.13. The molecule has 3 nitrogen and oxygen atoms in total. The number of benzene rings is 1. The predicted molar refractivity (Wildman–Crippen MR) is 81.4 cm³/mol. The summed E-state index contributed by atoms with van der Waals surface area (Å²) >= 11 is 1.77. The van der Waals surface area contributed by atoms with Crippen molar-refractivity contribution in [3.63, 3.8) is 0 Å². The van der Waals surface area contributed by atoms with Crippen LogP contribution in [0.2, 0.25) is 0 Å². The van der Waals surface area contributed by atoms with Crippen LogP contribution in [0.15, 0.2) is 35.4 Å². The second kappa shape index (κ2) is 6.78. The van der Waals surface area contributed by atoms with Crippen LogP contribution in [0.25, 0.3) is 0 Å². The van der Waals surface area contributed by atoms with Crippen molar-refractivity contribution in [3.8, 4) is 0 Å². The fraction of sp³-hybridized carbons (Fsp3) is 0.400. The number of aryl methyl sites for hydroxylation is 2. The molecule has 0 unspecified atom stereocenters. The predicted octanol–water partition coefficient (Wildman–Crippen LogP) is 2.99. The molecule has 0 aliphatic heterocycles. The molecule has 0 atom stereocenters. The Labute approximate surface area is 119 Å². The van der Waals surface area contributed by atoms with Gasteiger partial charge in [0.25, 0.3) is 0 Å². The molecule has 19 heavy (non-hydrogen) atoms. The molecule has 1 aromatic carbocycles. The largest absolute Gasteiger partial charge is 0.308 e. The zero-order valence-electron chi connectivity index (χ0n) is 11.8. The first-order valence-electron chi connectivity index (χ1n) is 6.58. The summed E-state index contributed by atoms with van der Waals surface area (Å²) in [4.78, 5) is 1.31. The van der Waals surface area contributed by atoms with Gasteiger partial charge in [-0.05, 0) is 30.4 Å². The molecule has 0 radical (unpaired) electrons. The molecule has 0 aliphatic carbocycles. The highest BCUT2D eigenvalue weighted by atomic mass is 32.2. The maximum atomic E-state index is 4.45. The summed E-state index contributed by atoms with van der Waals surface area (Å²) in [5.41, 5.74) is 3.80. The summed E-state index contributed by atoms with van der Waals surface area (Å²) in [7, 11) is 1.98. The number of aromatic nitrogens is 2. The van der Waals surface area contributed by atoms with Crippen molar-refractivity contribution in [1.82, 2.24) is 15.1 Å². The van der Waals surface area contributed by atoms with Crippen LogP contribution in [0.5, 0.6) is 0 Å². The standard InChI is InChI=1S/C15H21N3S/c1-4-15-13(11-18(2)17-15)10-16-9-12-5-7-14(19-3)8-6-12/h5-8,11,16H,4,9-10H2,1-3H3. The first-order chi connectivity index (χ1) is 9.22. The molecular weight excluding hydrogens is 254 g/mol. The molecule has 2 aromatic rings. The molecule has 0 amide bonds. The van der Waals surface area contributed by atoms with Crippen LogP contribution in [0, 0.1) is 0 Å². The summed E-state index contributed by atoms with van der Waals surface area (Å²) in [5.74, 6) is 0. The Morgan fingerprint density at radius 2 is 1.95 bits per heavy atom. The van der Waals surface area contributed by atoms with Gasteiger partial charge in [0, 0.05) is 36.8 Å². The van der Waals surface area contributed by atoms with Gasteiger partial charge in [-0.1, -0.05) is 19.1 Å². The SMILES string of the molecule is CCc1nn(C)cc1CNCc1ccc(SC)cc1. The third-order valence-corrected chi connectivity index (χ3v) is 3.87. The van der Waals surface area contributed by atoms with Crippen molar-refractivity contribution in [1.29, 1.82) is 0 Å². The number of hydrogen-bond donors (Lipinski definition) is 1. The summed E-state index contributed by atoms with van der Waals surface area (Å²) in [6.07, 6.45) is 5.19. The lowest BCUT2D eigenvalue weighted by atomic mass is 10.2. The Kier molecular flexibility index (Phi) is 5.05. The molecule has 1 N–H and O–H groups in total. The van der Waals surface area contributed by atoms with Gasteiger partial charge in [0.2, 0.25) is 0 Å². The van der Waals surface area contributed by atoms with Crippen molar-refractivity contribution in [3.05, 3.63) is 47.3 Å². The van der Waals surface area contributed by atoms with Gasteiger partial charge in [0.1, 0.15) is 0 Å². The minimum Gasteiger partial charge on any atom is -0.308 e. The minimum absolute atomic E-state index is 0.876. The van der Waals surface area contributed by atoms with E-state index in [-0.39, 0.29) is 0 Å². The van der Waals surface area contributed by atoms with Crippen LogP contribution in [-0.2, 0) is 26.6 Å². The number of thioether (sulfide) groups is 1. The Morgan fingerprint density at radius 3 is 2.58 bits per heavy atom. The van der Waals surface area contributed by atoms with Crippen molar-refractivity contribution >= 4 is 11.8 Å². The molecule has 2 rings (SSSR count). The van der Waals surface area contributed by atoms with Crippen molar-refractivity contribution in [2.45, 2.75) is 31.3 Å². The molecule has 1 heterocycles. The summed E-state index contributed by atoms with van der Waals surface area (Å²) in [6, 6.07) is 8.71. The van der Waals surface area contributed by atoms with Crippen LogP contribution < -0.4 is 5.32 Å². The van der Waals surface area contributed by atoms with Crippen LogP contribution in [0.3, 0.4) is 0 Å². The maximum Gasteiger partial charge on any atom is 0.0666 e.